The Morgan fingerprint density at radius 3 is 1.69 bits per heavy atom. The minimum Gasteiger partial charge on any atom is -0.400 e. The van der Waals surface area contributed by atoms with Gasteiger partial charge in [-0.1, -0.05) is 140 Å². The molecule has 0 amide bonds. The summed E-state index contributed by atoms with van der Waals surface area (Å²) >= 11 is 13.9. The Morgan fingerprint density at radius 1 is 0.818 bits per heavy atom. The van der Waals surface area contributed by atoms with Crippen LogP contribution in [0.1, 0.15) is 48.0 Å². The van der Waals surface area contributed by atoms with Gasteiger partial charge in [0.15, 0.2) is 6.35 Å². The fourth-order valence-corrected chi connectivity index (χ4v) is 8.58. The standard InChI is InChI=1S/C20H20Cl2N2OS.C16H16F3O6PS.CH4O/c1-13(2)19-20(26-17-9-15(21)8-16(22)10-17)24(18(12-25)23-19)11-14-6-4-3-5-7-14;17-16(18,19)27(21,22)25-13-26(20,23-11-14-7-3-1-4-8-14)24-12-15-9-5-2-6-10-15;1-2/h3-10,13,25H,11-12H2,1-2H3;1-10H,11-13H2;2H,1H3. The summed E-state index contributed by atoms with van der Waals surface area (Å²) in [4.78, 5) is 5.64. The van der Waals surface area contributed by atoms with Gasteiger partial charge in [-0.3, -0.25) is 8.75 Å². The van der Waals surface area contributed by atoms with Gasteiger partial charge in [0.1, 0.15) is 17.5 Å². The number of hydrogen-bond acceptors (Lipinski definition) is 10. The number of aliphatic hydroxyl groups is 2. The van der Waals surface area contributed by atoms with E-state index in [0.717, 1.165) is 28.3 Å². The predicted octanol–water partition coefficient (Wildman–Crippen LogP) is 10.1. The molecular weight excluding hydrogens is 823 g/mol. The smallest absolute Gasteiger partial charge is 0.400 e. The molecule has 0 aliphatic carbocycles. The van der Waals surface area contributed by atoms with Crippen molar-refractivity contribution in [3.63, 3.8) is 0 Å². The van der Waals surface area contributed by atoms with Gasteiger partial charge < -0.3 is 23.8 Å². The van der Waals surface area contributed by atoms with Crippen LogP contribution < -0.4 is 0 Å². The molecule has 55 heavy (non-hydrogen) atoms. The summed E-state index contributed by atoms with van der Waals surface area (Å²) in [5.41, 5.74) is -2.39. The van der Waals surface area contributed by atoms with Crippen molar-refractivity contribution in [3.05, 3.63) is 147 Å². The molecule has 0 atom stereocenters. The molecule has 0 aliphatic heterocycles. The van der Waals surface area contributed by atoms with E-state index in [4.69, 9.17) is 42.3 Å². The second-order valence-electron chi connectivity index (χ2n) is 11.6. The molecule has 4 aromatic carbocycles. The van der Waals surface area contributed by atoms with Crippen molar-refractivity contribution in [2.75, 3.05) is 13.5 Å². The van der Waals surface area contributed by atoms with E-state index in [9.17, 15) is 31.3 Å². The van der Waals surface area contributed by atoms with Crippen molar-refractivity contribution in [2.45, 2.75) is 61.6 Å². The number of hydrogen-bond donors (Lipinski definition) is 2. The second kappa shape index (κ2) is 21.9. The summed E-state index contributed by atoms with van der Waals surface area (Å²) in [6, 6.07) is 32.4. The van der Waals surface area contributed by atoms with E-state index < -0.39 is 29.6 Å². The molecule has 0 aliphatic rings. The van der Waals surface area contributed by atoms with E-state index in [1.807, 2.05) is 30.3 Å². The van der Waals surface area contributed by atoms with Crippen molar-refractivity contribution in [2.24, 2.45) is 0 Å². The van der Waals surface area contributed by atoms with Crippen LogP contribution in [0.4, 0.5) is 13.2 Å². The van der Waals surface area contributed by atoms with Crippen LogP contribution in [0, 0.1) is 0 Å². The molecule has 0 fully saturated rings. The molecule has 18 heteroatoms. The largest absolute Gasteiger partial charge is 0.523 e. The molecule has 5 rings (SSSR count). The number of imidazole rings is 1. The average molecular weight is 864 g/mol. The third-order valence-electron chi connectivity index (χ3n) is 7.14. The fraction of sp³-hybridized carbons (Fsp3) is 0.270. The van der Waals surface area contributed by atoms with Crippen LogP contribution in [-0.2, 0) is 54.3 Å². The Labute approximate surface area is 332 Å². The molecule has 1 aromatic heterocycles. The van der Waals surface area contributed by atoms with E-state index in [2.05, 4.69) is 34.7 Å². The number of aliphatic hydroxyl groups excluding tert-OH is 2. The van der Waals surface area contributed by atoms with E-state index in [0.29, 0.717) is 33.5 Å². The molecule has 0 saturated heterocycles. The summed E-state index contributed by atoms with van der Waals surface area (Å²) in [5.74, 6) is 0.891. The summed E-state index contributed by atoms with van der Waals surface area (Å²) in [5, 5.41) is 19.0. The van der Waals surface area contributed by atoms with Gasteiger partial charge in [-0.2, -0.15) is 21.6 Å². The monoisotopic (exact) mass is 862 g/mol. The summed E-state index contributed by atoms with van der Waals surface area (Å²) in [6.07, 6.45) is -1.39. The number of nitrogens with zero attached hydrogens (tertiary/aromatic N) is 2. The van der Waals surface area contributed by atoms with Gasteiger partial charge in [0, 0.05) is 28.6 Å². The van der Waals surface area contributed by atoms with E-state index in [1.54, 1.807) is 78.5 Å². The lowest BCUT2D eigenvalue weighted by molar-refractivity contribution is -0.0534. The number of benzene rings is 4. The maximum atomic E-state index is 12.7. The molecule has 0 spiro atoms. The Kier molecular flexibility index (Phi) is 18.4. The lowest BCUT2D eigenvalue weighted by Crippen LogP contribution is -2.26. The fourth-order valence-electron chi connectivity index (χ4n) is 4.54. The highest BCUT2D eigenvalue weighted by Crippen LogP contribution is 2.50. The predicted molar refractivity (Wildman–Crippen MR) is 208 cm³/mol. The van der Waals surface area contributed by atoms with E-state index in [1.165, 1.54) is 0 Å². The normalized spacial score (nSPS) is 11.8. The van der Waals surface area contributed by atoms with Crippen LogP contribution in [-0.4, -0.2) is 47.1 Å². The SMILES string of the molecule is CC(C)c1nc(CO)n(Cc2ccccc2)c1Sc1cc(Cl)cc(Cl)c1.CO.O=P(COS(=O)(=O)C(F)(F)F)(OCc1ccccc1)OCc1ccccc1. The summed E-state index contributed by atoms with van der Waals surface area (Å²) in [6.45, 7) is 4.22. The third-order valence-corrected chi connectivity index (χ3v) is 11.3. The molecule has 1 heterocycles. The Hall–Kier alpha value is -3.21. The first-order valence-electron chi connectivity index (χ1n) is 16.3. The van der Waals surface area contributed by atoms with Crippen LogP contribution in [0.5, 0.6) is 0 Å². The van der Waals surface area contributed by atoms with Gasteiger partial charge in [-0.05, 0) is 40.8 Å². The van der Waals surface area contributed by atoms with Gasteiger partial charge in [0.25, 0.3) is 0 Å². The van der Waals surface area contributed by atoms with Gasteiger partial charge in [-0.25, -0.2) is 4.98 Å². The Balaban J connectivity index is 0.000000283. The van der Waals surface area contributed by atoms with Gasteiger partial charge in [0.2, 0.25) is 0 Å². The first-order chi connectivity index (χ1) is 26.1. The zero-order valence-corrected chi connectivity index (χ0v) is 33.9. The lowest BCUT2D eigenvalue weighted by Gasteiger charge is -2.19. The van der Waals surface area contributed by atoms with Crippen LogP contribution >= 0.6 is 42.6 Å². The van der Waals surface area contributed by atoms with Gasteiger partial charge in [-0.15, -0.1) is 0 Å². The van der Waals surface area contributed by atoms with Crippen LogP contribution in [0.15, 0.2) is 119 Å². The van der Waals surface area contributed by atoms with Crippen LogP contribution in [0.25, 0.3) is 0 Å². The van der Waals surface area contributed by atoms with Gasteiger partial charge >= 0.3 is 23.2 Å². The second-order valence-corrected chi connectivity index (χ2v) is 17.1. The zero-order chi connectivity index (χ0) is 40.6. The van der Waals surface area contributed by atoms with Crippen molar-refractivity contribution in [3.8, 4) is 0 Å². The maximum Gasteiger partial charge on any atom is 0.523 e. The molecule has 10 nitrogen and oxygen atoms in total. The average Bonchev–Trinajstić information content (AvgIpc) is 3.50. The third kappa shape index (κ3) is 14.7. The van der Waals surface area contributed by atoms with Crippen molar-refractivity contribution < 1.29 is 49.6 Å². The number of halogens is 5. The molecule has 0 saturated carbocycles. The molecule has 0 radical (unpaired) electrons. The topological polar surface area (TPSA) is 137 Å². The number of alkyl halides is 3. The molecule has 5 aromatic rings. The summed E-state index contributed by atoms with van der Waals surface area (Å²) in [7, 11) is -9.25. The number of aromatic nitrogens is 2. The summed E-state index contributed by atoms with van der Waals surface area (Å²) < 4.78 is 88.3. The molecule has 0 bridgehead atoms. The Bertz CT molecular complexity index is 2010. The first-order valence-corrected chi connectivity index (χ1v) is 21.0. The van der Waals surface area contributed by atoms with Crippen molar-refractivity contribution in [1.29, 1.82) is 0 Å². The first kappa shape index (κ1) is 46.2. The van der Waals surface area contributed by atoms with E-state index in [-0.39, 0.29) is 25.7 Å². The van der Waals surface area contributed by atoms with Crippen LogP contribution in [0.3, 0.4) is 0 Å². The molecule has 2 N–H and O–H groups in total. The minimum atomic E-state index is -5.93. The van der Waals surface area contributed by atoms with E-state index >= 15 is 0 Å². The minimum absolute atomic E-state index is 0.108. The molecule has 0 unspecified atom stereocenters. The van der Waals surface area contributed by atoms with Gasteiger partial charge in [0.05, 0.1) is 18.9 Å². The molecule has 298 valence electrons. The van der Waals surface area contributed by atoms with Crippen molar-refractivity contribution in [1.82, 2.24) is 9.55 Å². The maximum absolute atomic E-state index is 12.7. The lowest BCUT2D eigenvalue weighted by atomic mass is 10.1. The number of rotatable bonds is 15. The highest BCUT2D eigenvalue weighted by Gasteiger charge is 2.48. The van der Waals surface area contributed by atoms with Crippen LogP contribution in [0.2, 0.25) is 10.0 Å². The Morgan fingerprint density at radius 2 is 1.27 bits per heavy atom. The highest BCUT2D eigenvalue weighted by molar-refractivity contribution is 7.99. The molecular formula is C37H40Cl2F3N2O8PS2. The quantitative estimate of drug-likeness (QED) is 0.0595. The highest BCUT2D eigenvalue weighted by atomic mass is 35.5. The van der Waals surface area contributed by atoms with Crippen molar-refractivity contribution >= 4 is 52.7 Å². The zero-order valence-electron chi connectivity index (χ0n) is 29.9.